The monoisotopic (exact) mass is 162 g/mol. The molecule has 11 heavy (non-hydrogen) atoms. The molecular formula is C6H14N2O3. The molecule has 1 N–H and O–H groups in total. The maximum atomic E-state index is 10.9. The van der Waals surface area contributed by atoms with Gasteiger partial charge in [0, 0.05) is 21.3 Å². The molecule has 0 aliphatic carbocycles. The van der Waals surface area contributed by atoms with Crippen LogP contribution in [0.1, 0.15) is 0 Å². The molecule has 0 aromatic carbocycles. The highest BCUT2D eigenvalue weighted by atomic mass is 16.5. The third kappa shape index (κ3) is 3.79. The lowest BCUT2D eigenvalue weighted by Crippen LogP contribution is -2.40. The average Bonchev–Trinajstić information content (AvgIpc) is 2.03. The van der Waals surface area contributed by atoms with Crippen LogP contribution < -0.4 is 5.32 Å². The summed E-state index contributed by atoms with van der Waals surface area (Å²) in [6.45, 7) is 0.459. The van der Waals surface area contributed by atoms with Crippen LogP contribution in [0, 0.1) is 0 Å². The molecule has 0 spiro atoms. The molecule has 0 fully saturated rings. The van der Waals surface area contributed by atoms with Gasteiger partial charge in [0.05, 0.1) is 0 Å². The minimum atomic E-state index is -0.214. The molecule has 5 heteroatoms. The molecule has 2 amide bonds. The highest BCUT2D eigenvalue weighted by Gasteiger charge is 2.08. The van der Waals surface area contributed by atoms with Crippen LogP contribution >= 0.6 is 0 Å². The quantitative estimate of drug-likeness (QED) is 0.584. The molecule has 0 bridgehead atoms. The molecule has 0 saturated carbocycles. The van der Waals surface area contributed by atoms with E-state index < -0.39 is 0 Å². The Bertz CT molecular complexity index is 112. The third-order valence-electron chi connectivity index (χ3n) is 1.07. The second-order valence-corrected chi connectivity index (χ2v) is 1.93. The smallest absolute Gasteiger partial charge is 0.320 e. The molecule has 0 aromatic heterocycles. The van der Waals surface area contributed by atoms with Crippen molar-refractivity contribution in [3.8, 4) is 0 Å². The van der Waals surface area contributed by atoms with E-state index in [4.69, 9.17) is 9.47 Å². The first-order valence-electron chi connectivity index (χ1n) is 3.20. The van der Waals surface area contributed by atoms with Gasteiger partial charge < -0.3 is 14.8 Å². The van der Waals surface area contributed by atoms with Gasteiger partial charge in [-0.2, -0.15) is 0 Å². The lowest BCUT2D eigenvalue weighted by molar-refractivity contribution is 0.0132. The van der Waals surface area contributed by atoms with Crippen LogP contribution in [-0.2, 0) is 9.47 Å². The Balaban J connectivity index is 3.76. The van der Waals surface area contributed by atoms with Crippen LogP contribution in [0.3, 0.4) is 0 Å². The van der Waals surface area contributed by atoms with Crippen LogP contribution in [0.25, 0.3) is 0 Å². The van der Waals surface area contributed by atoms with Crippen molar-refractivity contribution in [3.05, 3.63) is 0 Å². The van der Waals surface area contributed by atoms with E-state index in [0.717, 1.165) is 0 Å². The van der Waals surface area contributed by atoms with Crippen molar-refractivity contribution in [2.24, 2.45) is 0 Å². The molecule has 0 aliphatic rings. The van der Waals surface area contributed by atoms with Gasteiger partial charge >= 0.3 is 6.03 Å². The van der Waals surface area contributed by atoms with Crippen molar-refractivity contribution >= 4 is 6.03 Å². The number of carbonyl (C=O) groups excluding carboxylic acids is 1. The van der Waals surface area contributed by atoms with Gasteiger partial charge in [-0.1, -0.05) is 0 Å². The van der Waals surface area contributed by atoms with Crippen molar-refractivity contribution in [1.29, 1.82) is 0 Å². The normalized spacial score (nSPS) is 9.36. The first-order valence-corrected chi connectivity index (χ1v) is 3.20. The number of amides is 2. The Hall–Kier alpha value is -0.810. The molecule has 0 saturated heterocycles. The summed E-state index contributed by atoms with van der Waals surface area (Å²) in [4.78, 5) is 12.3. The molecule has 0 rings (SSSR count). The summed E-state index contributed by atoms with van der Waals surface area (Å²) in [6, 6.07) is -0.214. The van der Waals surface area contributed by atoms with E-state index in [-0.39, 0.29) is 19.5 Å². The lowest BCUT2D eigenvalue weighted by atomic mass is 10.8. The van der Waals surface area contributed by atoms with Crippen LogP contribution in [0.4, 0.5) is 4.79 Å². The van der Waals surface area contributed by atoms with E-state index >= 15 is 0 Å². The highest BCUT2D eigenvalue weighted by molar-refractivity contribution is 5.73. The first-order chi connectivity index (χ1) is 5.26. The van der Waals surface area contributed by atoms with Crippen LogP contribution in [-0.4, -0.2) is 45.7 Å². The summed E-state index contributed by atoms with van der Waals surface area (Å²) in [5.41, 5.74) is 0. The molecule has 0 heterocycles. The second kappa shape index (κ2) is 5.94. The minimum absolute atomic E-state index is 0.214. The fourth-order valence-electron chi connectivity index (χ4n) is 0.624. The maximum Gasteiger partial charge on any atom is 0.320 e. The van der Waals surface area contributed by atoms with Crippen molar-refractivity contribution < 1.29 is 14.3 Å². The van der Waals surface area contributed by atoms with Gasteiger partial charge in [0.25, 0.3) is 0 Å². The van der Waals surface area contributed by atoms with E-state index in [1.807, 2.05) is 0 Å². The highest BCUT2D eigenvalue weighted by Crippen LogP contribution is 1.88. The van der Waals surface area contributed by atoms with E-state index in [0.29, 0.717) is 0 Å². The molecule has 66 valence electrons. The lowest BCUT2D eigenvalue weighted by Gasteiger charge is -2.19. The maximum absolute atomic E-state index is 10.9. The summed E-state index contributed by atoms with van der Waals surface area (Å²) in [5, 5.41) is 2.46. The third-order valence-corrected chi connectivity index (χ3v) is 1.07. The predicted octanol–water partition coefficient (Wildman–Crippen LogP) is -0.164. The van der Waals surface area contributed by atoms with Gasteiger partial charge in [-0.25, -0.2) is 4.79 Å². The van der Waals surface area contributed by atoms with E-state index in [9.17, 15) is 4.79 Å². The molecular weight excluding hydrogens is 148 g/mol. The number of methoxy groups -OCH3 is 2. The Morgan fingerprint density at radius 2 is 1.82 bits per heavy atom. The Labute approximate surface area is 66.3 Å². The fourth-order valence-corrected chi connectivity index (χ4v) is 0.624. The Kier molecular flexibility index (Phi) is 5.50. The van der Waals surface area contributed by atoms with Crippen LogP contribution in [0.15, 0.2) is 0 Å². The van der Waals surface area contributed by atoms with Gasteiger partial charge in [-0.05, 0) is 0 Å². The molecule has 0 aromatic rings. The SMILES string of the molecule is CNC(=O)N(COC)COC. The molecule has 5 nitrogen and oxygen atoms in total. The fraction of sp³-hybridized carbons (Fsp3) is 0.833. The Morgan fingerprint density at radius 1 is 1.36 bits per heavy atom. The largest absolute Gasteiger partial charge is 0.364 e. The molecule has 0 atom stereocenters. The number of hydrogen-bond acceptors (Lipinski definition) is 3. The van der Waals surface area contributed by atoms with E-state index in [1.54, 1.807) is 7.05 Å². The van der Waals surface area contributed by atoms with Crippen LogP contribution in [0.5, 0.6) is 0 Å². The Morgan fingerprint density at radius 3 is 2.09 bits per heavy atom. The summed E-state index contributed by atoms with van der Waals surface area (Å²) < 4.78 is 9.53. The summed E-state index contributed by atoms with van der Waals surface area (Å²) >= 11 is 0. The predicted molar refractivity (Wildman–Crippen MR) is 40.0 cm³/mol. The van der Waals surface area contributed by atoms with Gasteiger partial charge in [-0.3, -0.25) is 4.90 Å². The number of urea groups is 1. The topological polar surface area (TPSA) is 50.8 Å². The second-order valence-electron chi connectivity index (χ2n) is 1.93. The van der Waals surface area contributed by atoms with Crippen LogP contribution in [0.2, 0.25) is 0 Å². The zero-order valence-electron chi connectivity index (χ0n) is 7.09. The minimum Gasteiger partial charge on any atom is -0.364 e. The molecule has 0 aliphatic heterocycles. The van der Waals surface area contributed by atoms with Crippen molar-refractivity contribution in [2.45, 2.75) is 0 Å². The van der Waals surface area contributed by atoms with E-state index in [1.165, 1.54) is 19.1 Å². The number of ether oxygens (including phenoxy) is 2. The molecule has 0 unspecified atom stereocenters. The first kappa shape index (κ1) is 10.2. The molecule has 0 radical (unpaired) electrons. The van der Waals surface area contributed by atoms with Crippen molar-refractivity contribution in [3.63, 3.8) is 0 Å². The number of rotatable bonds is 4. The van der Waals surface area contributed by atoms with Gasteiger partial charge in [-0.15, -0.1) is 0 Å². The number of carbonyl (C=O) groups is 1. The number of nitrogens with one attached hydrogen (secondary N) is 1. The standard InChI is InChI=1S/C6H14N2O3/c1-7-6(9)8(4-10-2)5-11-3/h4-5H2,1-3H3,(H,7,9). The van der Waals surface area contributed by atoms with Gasteiger partial charge in [0.2, 0.25) is 0 Å². The summed E-state index contributed by atoms with van der Waals surface area (Å²) in [7, 11) is 4.60. The van der Waals surface area contributed by atoms with Crippen molar-refractivity contribution in [2.75, 3.05) is 34.7 Å². The zero-order valence-corrected chi connectivity index (χ0v) is 7.09. The number of hydrogen-bond donors (Lipinski definition) is 1. The van der Waals surface area contributed by atoms with E-state index in [2.05, 4.69) is 5.32 Å². The summed E-state index contributed by atoms with van der Waals surface area (Å²) in [6.07, 6.45) is 0. The average molecular weight is 162 g/mol. The van der Waals surface area contributed by atoms with Gasteiger partial charge in [0.15, 0.2) is 0 Å². The zero-order chi connectivity index (χ0) is 8.69. The number of nitrogens with zero attached hydrogens (tertiary/aromatic N) is 1. The summed E-state index contributed by atoms with van der Waals surface area (Å²) in [5.74, 6) is 0. The van der Waals surface area contributed by atoms with Crippen molar-refractivity contribution in [1.82, 2.24) is 10.2 Å². The van der Waals surface area contributed by atoms with Gasteiger partial charge in [0.1, 0.15) is 13.5 Å².